The molecule has 77 heavy (non-hydrogen) atoms. The van der Waals surface area contributed by atoms with Crippen LogP contribution in [-0.4, -0.2) is 82.3 Å². The maximum absolute atomic E-state index is 12.9. The number of quaternary nitrogens is 1. The summed E-state index contributed by atoms with van der Waals surface area (Å²) in [4.78, 5) is 37.3. The van der Waals surface area contributed by atoms with Crippen molar-refractivity contribution >= 4 is 17.9 Å². The molecule has 0 aliphatic carbocycles. The van der Waals surface area contributed by atoms with Crippen LogP contribution in [0.2, 0.25) is 0 Å². The zero-order valence-corrected chi connectivity index (χ0v) is 49.5. The van der Waals surface area contributed by atoms with Gasteiger partial charge in [0.1, 0.15) is 13.2 Å². The SMILES string of the molecule is CC/C=C\C/C=C\C/C=C\C/C=C\C/C=C\C/C=C\C/C=C\C/C=C\CCCCCCCCCCCCC(=O)OC(COC(=O)CCCCCCCCC/C=C\C/C=C\C/C=C\CC)COC(OCC[N+](C)(C)C)C(=O)[O-]. The van der Waals surface area contributed by atoms with Crippen molar-refractivity contribution in [2.24, 2.45) is 0 Å². The summed E-state index contributed by atoms with van der Waals surface area (Å²) in [6.45, 7) is 4.49. The van der Waals surface area contributed by atoms with Crippen molar-refractivity contribution in [3.05, 3.63) is 134 Å². The molecule has 2 unspecified atom stereocenters. The molecule has 436 valence electrons. The van der Waals surface area contributed by atoms with Crippen LogP contribution in [0.3, 0.4) is 0 Å². The monoisotopic (exact) mass is 1070 g/mol. The summed E-state index contributed by atoms with van der Waals surface area (Å²) in [6.07, 6.45) is 79.3. The number of rotatable bonds is 54. The van der Waals surface area contributed by atoms with E-state index in [2.05, 4.69) is 148 Å². The second-order valence-electron chi connectivity index (χ2n) is 20.9. The van der Waals surface area contributed by atoms with E-state index >= 15 is 0 Å². The van der Waals surface area contributed by atoms with Crippen molar-refractivity contribution in [2.45, 2.75) is 232 Å². The lowest BCUT2D eigenvalue weighted by Crippen LogP contribution is -2.44. The minimum atomic E-state index is -1.63. The molecule has 0 rings (SSSR count). The van der Waals surface area contributed by atoms with Crippen molar-refractivity contribution in [3.8, 4) is 0 Å². The van der Waals surface area contributed by atoms with E-state index < -0.39 is 24.3 Å². The normalized spacial score (nSPS) is 13.7. The molecule has 0 aliphatic heterocycles. The van der Waals surface area contributed by atoms with Gasteiger partial charge in [-0.3, -0.25) is 9.59 Å². The quantitative estimate of drug-likeness (QED) is 0.0195. The van der Waals surface area contributed by atoms with Crippen molar-refractivity contribution in [3.63, 3.8) is 0 Å². The van der Waals surface area contributed by atoms with Crippen LogP contribution in [0, 0.1) is 0 Å². The van der Waals surface area contributed by atoms with Gasteiger partial charge < -0.3 is 33.3 Å². The topological polar surface area (TPSA) is 111 Å². The minimum Gasteiger partial charge on any atom is -0.545 e. The summed E-state index contributed by atoms with van der Waals surface area (Å²) in [7, 11) is 5.91. The maximum Gasteiger partial charge on any atom is 0.306 e. The van der Waals surface area contributed by atoms with E-state index in [0.29, 0.717) is 17.4 Å². The van der Waals surface area contributed by atoms with Crippen LogP contribution in [-0.2, 0) is 33.3 Å². The molecule has 0 heterocycles. The maximum atomic E-state index is 12.9. The van der Waals surface area contributed by atoms with E-state index in [4.69, 9.17) is 18.9 Å². The third-order valence-electron chi connectivity index (χ3n) is 12.4. The molecule has 0 aliphatic rings. The summed E-state index contributed by atoms with van der Waals surface area (Å²) in [5.74, 6) is -2.31. The molecule has 0 spiro atoms. The van der Waals surface area contributed by atoms with Crippen LogP contribution in [0.15, 0.2) is 134 Å². The molecular formula is C68H111NO8. The molecular weight excluding hydrogens is 959 g/mol. The lowest BCUT2D eigenvalue weighted by Gasteiger charge is -2.26. The van der Waals surface area contributed by atoms with E-state index in [1.165, 1.54) is 57.8 Å². The number of esters is 2. The number of carboxylic acid groups (broad SMARTS) is 1. The number of carbonyl (C=O) groups is 3. The van der Waals surface area contributed by atoms with Gasteiger partial charge in [-0.2, -0.15) is 0 Å². The Hall–Kier alpha value is -4.57. The summed E-state index contributed by atoms with van der Waals surface area (Å²) < 4.78 is 22.7. The molecule has 9 nitrogen and oxygen atoms in total. The van der Waals surface area contributed by atoms with E-state index in [-0.39, 0.29) is 38.6 Å². The highest BCUT2D eigenvalue weighted by molar-refractivity contribution is 5.70. The van der Waals surface area contributed by atoms with E-state index in [0.717, 1.165) is 128 Å². The van der Waals surface area contributed by atoms with Crippen molar-refractivity contribution in [1.82, 2.24) is 0 Å². The van der Waals surface area contributed by atoms with Gasteiger partial charge >= 0.3 is 11.9 Å². The van der Waals surface area contributed by atoms with Crippen molar-refractivity contribution in [2.75, 3.05) is 47.5 Å². The van der Waals surface area contributed by atoms with Gasteiger partial charge in [0.2, 0.25) is 0 Å². The lowest BCUT2D eigenvalue weighted by atomic mass is 10.0. The number of aliphatic carboxylic acids is 1. The van der Waals surface area contributed by atoms with Gasteiger partial charge in [-0.1, -0.05) is 231 Å². The highest BCUT2D eigenvalue weighted by atomic mass is 16.7. The number of carbonyl (C=O) groups excluding carboxylic acids is 3. The fourth-order valence-corrected chi connectivity index (χ4v) is 7.80. The Morgan fingerprint density at radius 2 is 0.701 bits per heavy atom. The second kappa shape index (κ2) is 57.6. The molecule has 0 saturated carbocycles. The first-order valence-electron chi connectivity index (χ1n) is 30.3. The standard InChI is InChI=1S/C68H111NO8/c1-6-8-10-12-14-16-18-20-22-24-25-26-27-28-29-30-31-32-33-34-35-36-37-38-39-40-41-43-45-47-49-51-53-55-57-59-66(71)77-64(63-76-68(67(72)73)74-61-60-69(3,4)5)62-75-65(70)58-56-54-52-50-48-46-44-42-23-21-19-17-15-13-11-9-7-2/h8-11,14-17,20-23,25-26,28-29,31-32,34-35,37-38,64,68H,6-7,12-13,18-19,24,27,30,33,36,39-63H2,1-5H3/b10-8-,11-9-,16-14-,17-15-,22-20-,23-21-,26-25-,29-28-,32-31-,35-34-,38-37-. The Kier molecular flexibility index (Phi) is 54.2. The Morgan fingerprint density at radius 3 is 1.04 bits per heavy atom. The molecule has 0 N–H and O–H groups in total. The molecule has 0 bridgehead atoms. The van der Waals surface area contributed by atoms with Gasteiger partial charge in [-0.05, 0) is 109 Å². The largest absolute Gasteiger partial charge is 0.545 e. The average molecular weight is 1070 g/mol. The Balaban J connectivity index is 4.22. The molecule has 0 radical (unpaired) electrons. The van der Waals surface area contributed by atoms with E-state index in [1.807, 2.05) is 21.1 Å². The van der Waals surface area contributed by atoms with Gasteiger partial charge in [-0.15, -0.1) is 0 Å². The van der Waals surface area contributed by atoms with Gasteiger partial charge in [0.25, 0.3) is 0 Å². The van der Waals surface area contributed by atoms with Gasteiger partial charge in [0, 0.05) is 12.8 Å². The van der Waals surface area contributed by atoms with Crippen molar-refractivity contribution < 1.29 is 42.9 Å². The third-order valence-corrected chi connectivity index (χ3v) is 12.4. The second-order valence-corrected chi connectivity index (χ2v) is 20.9. The lowest BCUT2D eigenvalue weighted by molar-refractivity contribution is -0.870. The number of hydrogen-bond donors (Lipinski definition) is 0. The van der Waals surface area contributed by atoms with E-state index in [1.54, 1.807) is 0 Å². The number of carboxylic acids is 1. The zero-order valence-electron chi connectivity index (χ0n) is 49.5. The highest BCUT2D eigenvalue weighted by Crippen LogP contribution is 2.15. The Bertz CT molecular complexity index is 1720. The van der Waals surface area contributed by atoms with Crippen LogP contribution >= 0.6 is 0 Å². The smallest absolute Gasteiger partial charge is 0.306 e. The number of unbranched alkanes of at least 4 members (excludes halogenated alkanes) is 17. The van der Waals surface area contributed by atoms with Gasteiger partial charge in [0.15, 0.2) is 12.4 Å². The van der Waals surface area contributed by atoms with Crippen LogP contribution in [0.4, 0.5) is 0 Å². The predicted molar refractivity (Wildman–Crippen MR) is 324 cm³/mol. The molecule has 2 atom stereocenters. The average Bonchev–Trinajstić information content (AvgIpc) is 3.40. The minimum absolute atomic E-state index is 0.138. The predicted octanol–water partition coefficient (Wildman–Crippen LogP) is 16.9. The molecule has 0 aromatic heterocycles. The molecule has 0 aromatic rings. The van der Waals surface area contributed by atoms with Crippen LogP contribution in [0.5, 0.6) is 0 Å². The molecule has 0 fully saturated rings. The number of likely N-dealkylation sites (N-methyl/N-ethyl adjacent to an activating group) is 1. The first-order valence-corrected chi connectivity index (χ1v) is 30.3. The molecule has 0 saturated heterocycles. The number of nitrogens with zero attached hydrogens (tertiary/aromatic N) is 1. The first kappa shape index (κ1) is 72.4. The summed E-state index contributed by atoms with van der Waals surface area (Å²) in [5, 5.41) is 11.8. The summed E-state index contributed by atoms with van der Waals surface area (Å²) in [6, 6.07) is 0. The van der Waals surface area contributed by atoms with Gasteiger partial charge in [0.05, 0.1) is 40.3 Å². The fraction of sp³-hybridized carbons (Fsp3) is 0.632. The summed E-state index contributed by atoms with van der Waals surface area (Å²) in [5.41, 5.74) is 0. The molecule has 9 heteroatoms. The summed E-state index contributed by atoms with van der Waals surface area (Å²) >= 11 is 0. The third kappa shape index (κ3) is 58.9. The molecule has 0 aromatic carbocycles. The van der Waals surface area contributed by atoms with Crippen LogP contribution in [0.25, 0.3) is 0 Å². The number of hydrogen-bond acceptors (Lipinski definition) is 8. The van der Waals surface area contributed by atoms with Crippen LogP contribution in [0.1, 0.15) is 219 Å². The van der Waals surface area contributed by atoms with E-state index in [9.17, 15) is 19.5 Å². The number of allylic oxidation sites excluding steroid dienone is 22. The molecule has 0 amide bonds. The fourth-order valence-electron chi connectivity index (χ4n) is 7.80. The van der Waals surface area contributed by atoms with Crippen molar-refractivity contribution in [1.29, 1.82) is 0 Å². The number of ether oxygens (including phenoxy) is 4. The Labute approximate surface area is 471 Å². The Morgan fingerprint density at radius 1 is 0.390 bits per heavy atom. The van der Waals surface area contributed by atoms with Crippen LogP contribution < -0.4 is 5.11 Å². The first-order chi connectivity index (χ1) is 37.6. The highest BCUT2D eigenvalue weighted by Gasteiger charge is 2.22. The van der Waals surface area contributed by atoms with Gasteiger partial charge in [-0.25, -0.2) is 0 Å². The zero-order chi connectivity index (χ0) is 56.2.